The Morgan fingerprint density at radius 3 is 2.95 bits per heavy atom. The molecule has 0 spiro atoms. The number of methoxy groups -OCH3 is 1. The second-order valence-electron chi connectivity index (χ2n) is 4.10. The summed E-state index contributed by atoms with van der Waals surface area (Å²) in [5.41, 5.74) is 2.91. The molecule has 0 fully saturated rings. The summed E-state index contributed by atoms with van der Waals surface area (Å²) in [5, 5.41) is 4.41. The monoisotopic (exact) mass is 251 g/mol. The van der Waals surface area contributed by atoms with Gasteiger partial charge in [-0.2, -0.15) is 5.10 Å². The van der Waals surface area contributed by atoms with E-state index in [9.17, 15) is 0 Å². The molecule has 0 saturated carbocycles. The van der Waals surface area contributed by atoms with E-state index in [1.807, 2.05) is 48.5 Å². The Hall–Kier alpha value is -2.62. The quantitative estimate of drug-likeness (QED) is 0.671. The number of hydrogen-bond donors (Lipinski definition) is 0. The summed E-state index contributed by atoms with van der Waals surface area (Å²) in [6.07, 6.45) is 3.50. The fourth-order valence-corrected chi connectivity index (χ4v) is 1.89. The number of para-hydroxylation sites is 2. The van der Waals surface area contributed by atoms with Gasteiger partial charge in [-0.25, -0.2) is 9.66 Å². The van der Waals surface area contributed by atoms with Crippen LogP contribution in [0.1, 0.15) is 5.56 Å². The fourth-order valence-electron chi connectivity index (χ4n) is 1.89. The zero-order chi connectivity index (χ0) is 13.1. The summed E-state index contributed by atoms with van der Waals surface area (Å²) in [6.45, 7) is 0. The van der Waals surface area contributed by atoms with Crippen molar-refractivity contribution in [1.29, 1.82) is 0 Å². The zero-order valence-corrected chi connectivity index (χ0v) is 10.5. The highest BCUT2D eigenvalue weighted by molar-refractivity contribution is 5.81. The predicted octanol–water partition coefficient (Wildman–Crippen LogP) is 2.93. The van der Waals surface area contributed by atoms with Crippen LogP contribution >= 0.6 is 0 Å². The summed E-state index contributed by atoms with van der Waals surface area (Å²) < 4.78 is 6.94. The number of benzene rings is 2. The molecule has 0 N–H and O–H groups in total. The average molecular weight is 251 g/mol. The molecule has 0 amide bonds. The van der Waals surface area contributed by atoms with Gasteiger partial charge in [0.1, 0.15) is 12.1 Å². The molecule has 3 aromatic rings. The second-order valence-corrected chi connectivity index (χ2v) is 4.10. The highest BCUT2D eigenvalue weighted by atomic mass is 16.5. The Labute approximate surface area is 111 Å². The van der Waals surface area contributed by atoms with Crippen LogP contribution in [0.15, 0.2) is 60.0 Å². The van der Waals surface area contributed by atoms with E-state index in [1.54, 1.807) is 24.3 Å². The first-order valence-corrected chi connectivity index (χ1v) is 5.97. The predicted molar refractivity (Wildman–Crippen MR) is 75.7 cm³/mol. The van der Waals surface area contributed by atoms with E-state index in [1.165, 1.54) is 0 Å². The van der Waals surface area contributed by atoms with Gasteiger partial charge in [0, 0.05) is 0 Å². The maximum absolute atomic E-state index is 5.18. The van der Waals surface area contributed by atoms with Gasteiger partial charge in [0.05, 0.1) is 24.4 Å². The van der Waals surface area contributed by atoms with E-state index in [-0.39, 0.29) is 0 Å². The number of ether oxygens (including phenoxy) is 1. The molecule has 0 atom stereocenters. The number of nitrogens with zero attached hydrogens (tertiary/aromatic N) is 3. The third-order valence-corrected chi connectivity index (χ3v) is 2.86. The molecule has 0 saturated heterocycles. The Balaban J connectivity index is 1.93. The molecule has 94 valence electrons. The van der Waals surface area contributed by atoms with Gasteiger partial charge in [-0.15, -0.1) is 0 Å². The highest BCUT2D eigenvalue weighted by Gasteiger charge is 1.99. The zero-order valence-electron chi connectivity index (χ0n) is 10.5. The van der Waals surface area contributed by atoms with Gasteiger partial charge in [-0.3, -0.25) is 0 Å². The Kier molecular flexibility index (Phi) is 2.98. The van der Waals surface area contributed by atoms with Crippen LogP contribution in [-0.2, 0) is 0 Å². The van der Waals surface area contributed by atoms with Crippen molar-refractivity contribution in [2.24, 2.45) is 5.10 Å². The van der Waals surface area contributed by atoms with Gasteiger partial charge in [0.15, 0.2) is 0 Å². The molecule has 3 rings (SSSR count). The summed E-state index contributed by atoms with van der Waals surface area (Å²) in [7, 11) is 1.65. The fraction of sp³-hybridized carbons (Fsp3) is 0.0667. The molecule has 0 aliphatic heterocycles. The van der Waals surface area contributed by atoms with E-state index < -0.39 is 0 Å². The first kappa shape index (κ1) is 11.5. The van der Waals surface area contributed by atoms with Crippen LogP contribution in [0.25, 0.3) is 11.0 Å². The minimum atomic E-state index is 0.819. The van der Waals surface area contributed by atoms with Crippen molar-refractivity contribution in [1.82, 2.24) is 9.66 Å². The second kappa shape index (κ2) is 4.94. The van der Waals surface area contributed by atoms with Crippen molar-refractivity contribution in [2.75, 3.05) is 7.11 Å². The van der Waals surface area contributed by atoms with Crippen LogP contribution in [0.2, 0.25) is 0 Å². The van der Waals surface area contributed by atoms with Gasteiger partial charge >= 0.3 is 0 Å². The third kappa shape index (κ3) is 2.33. The molecule has 0 aliphatic carbocycles. The average Bonchev–Trinajstić information content (AvgIpc) is 2.89. The van der Waals surface area contributed by atoms with E-state index in [4.69, 9.17) is 4.74 Å². The summed E-state index contributed by atoms with van der Waals surface area (Å²) in [6, 6.07) is 15.6. The Morgan fingerprint density at radius 2 is 2.05 bits per heavy atom. The summed E-state index contributed by atoms with van der Waals surface area (Å²) >= 11 is 0. The standard InChI is InChI=1S/C15H13N3O/c1-19-13-6-4-5-12(9-13)10-17-18-11-16-14-7-2-3-8-15(14)18/h2-11H,1H3/b17-10-. The lowest BCUT2D eigenvalue weighted by molar-refractivity contribution is 0.415. The number of fused-ring (bicyclic) bond motifs is 1. The molecule has 0 bridgehead atoms. The summed E-state index contributed by atoms with van der Waals surface area (Å²) in [4.78, 5) is 4.29. The van der Waals surface area contributed by atoms with Gasteiger partial charge in [-0.05, 0) is 29.8 Å². The number of imidazole rings is 1. The van der Waals surface area contributed by atoms with Gasteiger partial charge in [0.2, 0.25) is 0 Å². The smallest absolute Gasteiger partial charge is 0.119 e. The molecular weight excluding hydrogens is 238 g/mol. The van der Waals surface area contributed by atoms with Gasteiger partial charge in [0.25, 0.3) is 0 Å². The topological polar surface area (TPSA) is 39.4 Å². The lowest BCUT2D eigenvalue weighted by Crippen LogP contribution is -1.90. The molecule has 0 unspecified atom stereocenters. The van der Waals surface area contributed by atoms with Gasteiger partial charge in [-0.1, -0.05) is 24.3 Å². The van der Waals surface area contributed by atoms with Crippen molar-refractivity contribution in [2.45, 2.75) is 0 Å². The first-order valence-electron chi connectivity index (χ1n) is 5.97. The summed E-state index contributed by atoms with van der Waals surface area (Å²) in [5.74, 6) is 0.819. The highest BCUT2D eigenvalue weighted by Crippen LogP contribution is 2.13. The molecule has 1 heterocycles. The SMILES string of the molecule is COc1cccc(/C=N\n2cnc3ccccc32)c1. The van der Waals surface area contributed by atoms with Crippen LogP contribution in [0.5, 0.6) is 5.75 Å². The molecule has 1 aromatic heterocycles. The van der Waals surface area contributed by atoms with E-state index in [0.29, 0.717) is 0 Å². The maximum Gasteiger partial charge on any atom is 0.119 e. The van der Waals surface area contributed by atoms with Gasteiger partial charge < -0.3 is 4.74 Å². The number of hydrogen-bond acceptors (Lipinski definition) is 3. The van der Waals surface area contributed by atoms with Crippen molar-refractivity contribution >= 4 is 17.2 Å². The lowest BCUT2D eigenvalue weighted by Gasteiger charge is -2.00. The lowest BCUT2D eigenvalue weighted by atomic mass is 10.2. The minimum Gasteiger partial charge on any atom is -0.497 e. The van der Waals surface area contributed by atoms with Crippen LogP contribution < -0.4 is 4.74 Å². The molecule has 0 aliphatic rings. The molecule has 19 heavy (non-hydrogen) atoms. The third-order valence-electron chi connectivity index (χ3n) is 2.86. The maximum atomic E-state index is 5.18. The van der Waals surface area contributed by atoms with Crippen molar-refractivity contribution in [3.8, 4) is 5.75 Å². The number of rotatable bonds is 3. The first-order chi connectivity index (χ1) is 9.36. The molecule has 2 aromatic carbocycles. The molecular formula is C15H13N3O. The van der Waals surface area contributed by atoms with E-state index >= 15 is 0 Å². The van der Waals surface area contributed by atoms with E-state index in [2.05, 4.69) is 10.1 Å². The van der Waals surface area contributed by atoms with E-state index in [0.717, 1.165) is 22.3 Å². The van der Waals surface area contributed by atoms with Crippen molar-refractivity contribution in [3.05, 3.63) is 60.4 Å². The normalized spacial score (nSPS) is 11.2. The Morgan fingerprint density at radius 1 is 1.16 bits per heavy atom. The Bertz CT molecular complexity index is 731. The molecule has 0 radical (unpaired) electrons. The largest absolute Gasteiger partial charge is 0.497 e. The van der Waals surface area contributed by atoms with Crippen LogP contribution in [-0.4, -0.2) is 23.0 Å². The van der Waals surface area contributed by atoms with Crippen molar-refractivity contribution < 1.29 is 4.74 Å². The molecule has 4 nitrogen and oxygen atoms in total. The van der Waals surface area contributed by atoms with Crippen molar-refractivity contribution in [3.63, 3.8) is 0 Å². The van der Waals surface area contributed by atoms with Crippen LogP contribution in [0, 0.1) is 0 Å². The van der Waals surface area contributed by atoms with Crippen LogP contribution in [0.4, 0.5) is 0 Å². The number of aromatic nitrogens is 2. The van der Waals surface area contributed by atoms with Crippen LogP contribution in [0.3, 0.4) is 0 Å². The minimum absolute atomic E-state index is 0.819. The molecule has 4 heteroatoms.